The molecule has 0 aliphatic carbocycles. The Labute approximate surface area is 128 Å². The average Bonchev–Trinajstić information content (AvgIpc) is 2.53. The van der Waals surface area contributed by atoms with Gasteiger partial charge in [-0.15, -0.1) is 11.8 Å². The van der Waals surface area contributed by atoms with Crippen LogP contribution in [-0.4, -0.2) is 26.4 Å². The molecule has 0 atom stereocenters. The van der Waals surface area contributed by atoms with Gasteiger partial charge >= 0.3 is 0 Å². The number of amides is 1. The van der Waals surface area contributed by atoms with E-state index in [1.54, 1.807) is 37.1 Å². The minimum atomic E-state index is -0.232. The van der Waals surface area contributed by atoms with E-state index in [0.29, 0.717) is 17.1 Å². The Balaban J connectivity index is 2.28. The van der Waals surface area contributed by atoms with Crippen molar-refractivity contribution in [3.8, 4) is 11.5 Å². The molecular formula is C16H17NO3S. The van der Waals surface area contributed by atoms with Crippen molar-refractivity contribution in [3.63, 3.8) is 0 Å². The number of methoxy groups -OCH3 is 2. The summed E-state index contributed by atoms with van der Waals surface area (Å²) in [7, 11) is 3.06. The molecule has 0 spiro atoms. The van der Waals surface area contributed by atoms with Crippen molar-refractivity contribution < 1.29 is 14.3 Å². The normalized spacial score (nSPS) is 10.0. The lowest BCUT2D eigenvalue weighted by molar-refractivity contribution is 0.102. The maximum Gasteiger partial charge on any atom is 0.259 e. The number of hydrogen-bond donors (Lipinski definition) is 1. The number of benzene rings is 2. The smallest absolute Gasteiger partial charge is 0.259 e. The molecule has 0 aromatic heterocycles. The molecule has 0 heterocycles. The van der Waals surface area contributed by atoms with Crippen molar-refractivity contribution in [3.05, 3.63) is 48.0 Å². The summed E-state index contributed by atoms with van der Waals surface area (Å²) in [6.45, 7) is 0. The molecule has 0 bridgehead atoms. The van der Waals surface area contributed by atoms with Crippen molar-refractivity contribution in [1.29, 1.82) is 0 Å². The van der Waals surface area contributed by atoms with Crippen molar-refractivity contribution in [2.75, 3.05) is 25.8 Å². The first-order valence-electron chi connectivity index (χ1n) is 6.36. The molecule has 2 aromatic rings. The lowest BCUT2D eigenvalue weighted by Gasteiger charge is -2.12. The first-order chi connectivity index (χ1) is 10.2. The molecule has 21 heavy (non-hydrogen) atoms. The van der Waals surface area contributed by atoms with Gasteiger partial charge in [0.15, 0.2) is 11.5 Å². The highest BCUT2D eigenvalue weighted by atomic mass is 32.2. The fourth-order valence-electron chi connectivity index (χ4n) is 1.97. The third-order valence-corrected chi connectivity index (χ3v) is 3.70. The third kappa shape index (κ3) is 3.49. The third-order valence-electron chi connectivity index (χ3n) is 2.98. The first kappa shape index (κ1) is 15.3. The zero-order chi connectivity index (χ0) is 15.2. The van der Waals surface area contributed by atoms with Crippen molar-refractivity contribution in [2.45, 2.75) is 4.90 Å². The van der Waals surface area contributed by atoms with Crippen LogP contribution in [0.15, 0.2) is 47.4 Å². The molecule has 0 unspecified atom stereocenters. The van der Waals surface area contributed by atoms with Crippen LogP contribution in [-0.2, 0) is 0 Å². The molecule has 110 valence electrons. The van der Waals surface area contributed by atoms with E-state index < -0.39 is 0 Å². The molecule has 5 heteroatoms. The molecule has 2 rings (SSSR count). The molecule has 0 saturated carbocycles. The molecule has 0 aliphatic rings. The van der Waals surface area contributed by atoms with Gasteiger partial charge in [-0.05, 0) is 36.6 Å². The maximum atomic E-state index is 12.4. The number of carbonyl (C=O) groups is 1. The van der Waals surface area contributed by atoms with Crippen LogP contribution < -0.4 is 14.8 Å². The van der Waals surface area contributed by atoms with Gasteiger partial charge in [-0.25, -0.2) is 0 Å². The number of para-hydroxylation sites is 1. The van der Waals surface area contributed by atoms with E-state index >= 15 is 0 Å². The summed E-state index contributed by atoms with van der Waals surface area (Å²) < 4.78 is 10.5. The molecule has 1 N–H and O–H groups in total. The second kappa shape index (κ2) is 7.04. The van der Waals surface area contributed by atoms with Crippen LogP contribution >= 0.6 is 11.8 Å². The minimum absolute atomic E-state index is 0.232. The zero-order valence-corrected chi connectivity index (χ0v) is 13.0. The predicted molar refractivity (Wildman–Crippen MR) is 85.7 cm³/mol. The SMILES string of the molecule is COc1cccc(C(=O)Nc2cccc(SC)c2)c1OC. The van der Waals surface area contributed by atoms with Gasteiger partial charge in [0, 0.05) is 10.6 Å². The molecule has 0 saturated heterocycles. The second-order valence-corrected chi connectivity index (χ2v) is 5.11. The van der Waals surface area contributed by atoms with Gasteiger partial charge < -0.3 is 14.8 Å². The average molecular weight is 303 g/mol. The number of ether oxygens (including phenoxy) is 2. The van der Waals surface area contributed by atoms with E-state index in [-0.39, 0.29) is 5.91 Å². The Hall–Kier alpha value is -2.14. The number of carbonyl (C=O) groups excluding carboxylic acids is 1. The molecule has 4 nitrogen and oxygen atoms in total. The van der Waals surface area contributed by atoms with E-state index in [9.17, 15) is 4.79 Å². The highest BCUT2D eigenvalue weighted by Crippen LogP contribution is 2.31. The highest BCUT2D eigenvalue weighted by Gasteiger charge is 2.16. The summed E-state index contributed by atoms with van der Waals surface area (Å²) in [6.07, 6.45) is 1.99. The maximum absolute atomic E-state index is 12.4. The number of anilines is 1. The largest absolute Gasteiger partial charge is 0.493 e. The van der Waals surface area contributed by atoms with Gasteiger partial charge in [0.2, 0.25) is 0 Å². The van der Waals surface area contributed by atoms with Crippen LogP contribution in [0.3, 0.4) is 0 Å². The van der Waals surface area contributed by atoms with Crippen molar-refractivity contribution >= 4 is 23.4 Å². The number of hydrogen-bond acceptors (Lipinski definition) is 4. The van der Waals surface area contributed by atoms with E-state index in [0.717, 1.165) is 10.6 Å². The summed E-state index contributed by atoms with van der Waals surface area (Å²) in [5.74, 6) is 0.727. The second-order valence-electron chi connectivity index (χ2n) is 4.23. The molecule has 0 fully saturated rings. The fourth-order valence-corrected chi connectivity index (χ4v) is 2.42. The van der Waals surface area contributed by atoms with Crippen LogP contribution in [0.5, 0.6) is 11.5 Å². The van der Waals surface area contributed by atoms with Gasteiger partial charge in [-0.1, -0.05) is 12.1 Å². The predicted octanol–water partition coefficient (Wildman–Crippen LogP) is 3.68. The van der Waals surface area contributed by atoms with Crippen molar-refractivity contribution in [1.82, 2.24) is 0 Å². The fraction of sp³-hybridized carbons (Fsp3) is 0.188. The summed E-state index contributed by atoms with van der Waals surface area (Å²) >= 11 is 1.62. The van der Waals surface area contributed by atoms with Crippen LogP contribution in [0.2, 0.25) is 0 Å². The summed E-state index contributed by atoms with van der Waals surface area (Å²) in [6, 6.07) is 12.9. The van der Waals surface area contributed by atoms with Crippen LogP contribution in [0.25, 0.3) is 0 Å². The zero-order valence-electron chi connectivity index (χ0n) is 12.2. The standard InChI is InChI=1S/C16H17NO3S/c1-19-14-9-5-8-13(15(14)20-2)16(18)17-11-6-4-7-12(10-11)21-3/h4-10H,1-3H3,(H,17,18). The van der Waals surface area contributed by atoms with Gasteiger partial charge in [0.1, 0.15) is 0 Å². The molecule has 1 amide bonds. The molecule has 0 aliphatic heterocycles. The monoisotopic (exact) mass is 303 g/mol. The van der Waals surface area contributed by atoms with Gasteiger partial charge in [-0.2, -0.15) is 0 Å². The van der Waals surface area contributed by atoms with E-state index in [1.807, 2.05) is 30.5 Å². The number of nitrogens with one attached hydrogen (secondary N) is 1. The molecular weight excluding hydrogens is 286 g/mol. The van der Waals surface area contributed by atoms with Gasteiger partial charge in [0.25, 0.3) is 5.91 Å². The lowest BCUT2D eigenvalue weighted by Crippen LogP contribution is -2.13. The van der Waals surface area contributed by atoms with E-state index in [2.05, 4.69) is 5.32 Å². The van der Waals surface area contributed by atoms with Crippen LogP contribution in [0.1, 0.15) is 10.4 Å². The Morgan fingerprint density at radius 3 is 2.52 bits per heavy atom. The topological polar surface area (TPSA) is 47.6 Å². The minimum Gasteiger partial charge on any atom is -0.493 e. The van der Waals surface area contributed by atoms with Gasteiger partial charge in [-0.3, -0.25) is 4.79 Å². The van der Waals surface area contributed by atoms with Crippen molar-refractivity contribution in [2.24, 2.45) is 0 Å². The summed E-state index contributed by atoms with van der Waals surface area (Å²) in [5.41, 5.74) is 1.18. The first-order valence-corrected chi connectivity index (χ1v) is 7.58. The number of thioether (sulfide) groups is 1. The van der Waals surface area contributed by atoms with E-state index in [1.165, 1.54) is 7.11 Å². The lowest BCUT2D eigenvalue weighted by atomic mass is 10.1. The van der Waals surface area contributed by atoms with Crippen LogP contribution in [0.4, 0.5) is 5.69 Å². The Bertz CT molecular complexity index is 643. The Morgan fingerprint density at radius 2 is 1.86 bits per heavy atom. The van der Waals surface area contributed by atoms with E-state index in [4.69, 9.17) is 9.47 Å². The van der Waals surface area contributed by atoms with Gasteiger partial charge in [0.05, 0.1) is 19.8 Å². The number of rotatable bonds is 5. The quantitative estimate of drug-likeness (QED) is 0.856. The van der Waals surface area contributed by atoms with Crippen LogP contribution in [0, 0.1) is 0 Å². The summed E-state index contributed by atoms with van der Waals surface area (Å²) in [5, 5.41) is 2.87. The Kier molecular flexibility index (Phi) is 5.11. The Morgan fingerprint density at radius 1 is 1.10 bits per heavy atom. The molecule has 2 aromatic carbocycles. The summed E-state index contributed by atoms with van der Waals surface area (Å²) in [4.78, 5) is 13.5. The highest BCUT2D eigenvalue weighted by molar-refractivity contribution is 7.98. The molecule has 0 radical (unpaired) electrons.